The number of hydrogen-bond acceptors (Lipinski definition) is 30. The summed E-state index contributed by atoms with van der Waals surface area (Å²) in [5, 5.41) is 36.7. The van der Waals surface area contributed by atoms with Crippen LogP contribution in [0.1, 0.15) is 174 Å². The maximum atomic E-state index is 11.6. The second-order valence-corrected chi connectivity index (χ2v) is 32.2. The van der Waals surface area contributed by atoms with E-state index in [1.54, 1.807) is 0 Å². The van der Waals surface area contributed by atoms with Crippen LogP contribution < -0.4 is 5.32 Å². The number of aromatic nitrogens is 10. The number of H-pyrrole nitrogens is 5. The molecular weight excluding hydrogens is 1390 g/mol. The van der Waals surface area contributed by atoms with E-state index in [2.05, 4.69) is 56.3 Å². The Morgan fingerprint density at radius 3 is 1.02 bits per heavy atom. The van der Waals surface area contributed by atoms with Gasteiger partial charge in [-0.05, 0) is 149 Å². The van der Waals surface area contributed by atoms with Crippen molar-refractivity contribution in [2.45, 2.75) is 191 Å². The Morgan fingerprint density at radius 1 is 0.448 bits per heavy atom. The van der Waals surface area contributed by atoms with Crippen molar-refractivity contribution in [3.05, 3.63) is 19.8 Å². The number of hydrogen-bond donors (Lipinski definition) is 6. The standard InChI is InChI=1S/C10H16N2O2S3.C9H15N3O2S2.3C9H14N2O2S3.6CH4/c1-4-10(2,3)7(13)14-5-6-16-9-12-11-8(15)17-9;1-4-9(2,3)6(13)14-5-10-7-11-12-8(15)16-7;2*1-4-9(2,3)6(12)13-5-15-8-11-10-7(14)16-8;1-3-6(2)7(12)13-4-5-15-9-11-10-8(14)16-9;;;;;;/h4-6H2,1-3H3,(H,11,15);4-5H2,1-3H3,(H,10,11)(H,12,15);2*4-5H2,1-3H3,(H,10,14);6H,3-5H2,1-2H3,(H,10,14);6*1H4. The third kappa shape index (κ3) is 40.8. The summed E-state index contributed by atoms with van der Waals surface area (Å²) >= 11 is 37.2. The Hall–Kier alpha value is -2.55. The summed E-state index contributed by atoms with van der Waals surface area (Å²) in [4.78, 5) is 57.8. The number of carbonyl (C=O) groups excluding carboxylic acids is 5. The molecule has 0 saturated heterocycles. The van der Waals surface area contributed by atoms with E-state index in [4.69, 9.17) is 84.8 Å². The van der Waals surface area contributed by atoms with E-state index in [1.165, 1.54) is 104 Å². The molecule has 504 valence electrons. The normalized spacial score (nSPS) is 10.8. The predicted octanol–water partition coefficient (Wildman–Crippen LogP) is 19.0. The fourth-order valence-corrected chi connectivity index (χ4v) is 12.3. The van der Waals surface area contributed by atoms with E-state index >= 15 is 0 Å². The monoisotopic (exact) mass is 1480 g/mol. The molecule has 5 rings (SSSR count). The lowest BCUT2D eigenvalue weighted by Gasteiger charge is -2.20. The van der Waals surface area contributed by atoms with Crippen molar-refractivity contribution < 1.29 is 47.7 Å². The number of nitrogens with zero attached hydrogens (tertiary/aromatic N) is 5. The first-order valence-corrected chi connectivity index (χ1v) is 34.9. The van der Waals surface area contributed by atoms with Crippen molar-refractivity contribution in [2.75, 3.05) is 48.6 Å². The molecule has 5 aromatic heterocycles. The van der Waals surface area contributed by atoms with Gasteiger partial charge >= 0.3 is 29.8 Å². The van der Waals surface area contributed by atoms with Gasteiger partial charge in [0.2, 0.25) is 5.13 Å². The molecule has 5 aromatic rings. The van der Waals surface area contributed by atoms with E-state index in [9.17, 15) is 24.0 Å². The Balaban J connectivity index is -0.000000232. The zero-order chi connectivity index (χ0) is 61.4. The van der Waals surface area contributed by atoms with Crippen molar-refractivity contribution in [1.82, 2.24) is 51.0 Å². The van der Waals surface area contributed by atoms with E-state index in [1.807, 2.05) is 96.9 Å². The summed E-state index contributed by atoms with van der Waals surface area (Å²) in [7, 11) is 0. The van der Waals surface area contributed by atoms with E-state index in [0.717, 1.165) is 49.5 Å². The van der Waals surface area contributed by atoms with Crippen LogP contribution in [0.15, 0.2) is 17.4 Å². The summed E-state index contributed by atoms with van der Waals surface area (Å²) in [6.45, 7) is 27.6. The van der Waals surface area contributed by atoms with Gasteiger partial charge in [-0.2, -0.15) is 20.4 Å². The lowest BCUT2D eigenvalue weighted by Crippen LogP contribution is -2.27. The van der Waals surface area contributed by atoms with Crippen molar-refractivity contribution in [3.63, 3.8) is 0 Å². The Kier molecular flexibility index (Phi) is 55.0. The van der Waals surface area contributed by atoms with Crippen molar-refractivity contribution in [1.29, 1.82) is 0 Å². The molecule has 87 heavy (non-hydrogen) atoms. The highest BCUT2D eigenvalue weighted by Crippen LogP contribution is 2.28. The van der Waals surface area contributed by atoms with E-state index < -0.39 is 21.7 Å². The number of nitrogens with one attached hydrogen (secondary N) is 6. The third-order valence-corrected chi connectivity index (χ3v) is 20.7. The average Bonchev–Trinajstić information content (AvgIpc) is 4.31. The lowest BCUT2D eigenvalue weighted by molar-refractivity contribution is -0.154. The number of rotatable bonds is 27. The lowest BCUT2D eigenvalue weighted by atomic mass is 9.91. The molecule has 35 heteroatoms. The first-order chi connectivity index (χ1) is 37.9. The molecule has 0 spiro atoms. The van der Waals surface area contributed by atoms with Gasteiger partial charge < -0.3 is 29.0 Å². The van der Waals surface area contributed by atoms with Crippen LogP contribution in [0.5, 0.6) is 0 Å². The van der Waals surface area contributed by atoms with Crippen LogP contribution in [-0.2, 0) is 47.7 Å². The molecule has 0 aliphatic heterocycles. The summed E-state index contributed by atoms with van der Waals surface area (Å²) in [6, 6.07) is 0. The Labute approximate surface area is 579 Å². The minimum Gasteiger partial charge on any atom is -0.465 e. The highest BCUT2D eigenvalue weighted by molar-refractivity contribution is 8.01. The van der Waals surface area contributed by atoms with Gasteiger partial charge in [0.15, 0.2) is 43.9 Å². The number of thioether (sulfide) groups is 4. The van der Waals surface area contributed by atoms with Crippen LogP contribution in [-0.4, -0.2) is 124 Å². The Morgan fingerprint density at radius 2 is 0.736 bits per heavy atom. The largest absolute Gasteiger partial charge is 0.465 e. The van der Waals surface area contributed by atoms with Crippen LogP contribution in [0.4, 0.5) is 5.13 Å². The van der Waals surface area contributed by atoms with Crippen LogP contribution in [0.2, 0.25) is 0 Å². The molecule has 5 heterocycles. The second kappa shape index (κ2) is 50.1. The summed E-state index contributed by atoms with van der Waals surface area (Å²) < 4.78 is 32.2. The topological polar surface area (TPSA) is 287 Å². The van der Waals surface area contributed by atoms with Gasteiger partial charge in [0.25, 0.3) is 0 Å². The van der Waals surface area contributed by atoms with Gasteiger partial charge in [0.05, 0.1) is 27.6 Å². The fraction of sp³-hybridized carbons (Fsp3) is 0.712. The van der Waals surface area contributed by atoms with Gasteiger partial charge in [0.1, 0.15) is 25.1 Å². The molecule has 0 fully saturated rings. The first-order valence-electron chi connectivity index (χ1n) is 24.8. The molecule has 1 unspecified atom stereocenters. The highest BCUT2D eigenvalue weighted by atomic mass is 32.2. The van der Waals surface area contributed by atoms with Crippen molar-refractivity contribution in [2.24, 2.45) is 27.6 Å². The molecule has 0 bridgehead atoms. The average molecular weight is 1490 g/mol. The molecule has 0 aliphatic carbocycles. The minimum atomic E-state index is -0.445. The number of esters is 5. The number of aromatic amines is 5. The summed E-state index contributed by atoms with van der Waals surface area (Å²) in [5.74, 6) is 1.09. The quantitative estimate of drug-likeness (QED) is 0.00711. The van der Waals surface area contributed by atoms with Crippen LogP contribution in [0.3, 0.4) is 0 Å². The first kappa shape index (κ1) is 95.6. The smallest absolute Gasteiger partial charge is 0.313 e. The van der Waals surface area contributed by atoms with Crippen LogP contribution in [0.25, 0.3) is 0 Å². The third-order valence-electron chi connectivity index (χ3n) is 11.1. The zero-order valence-corrected chi connectivity index (χ0v) is 59.0. The molecule has 21 nitrogen and oxygen atoms in total. The SMILES string of the molecule is C.C.C.C.C.C.CCC(C)(C)C(=O)OCCSc1n[nH]c(=S)s1.CCC(C)(C)C(=O)OCNc1n[nH]c(=S)s1.CCC(C)(C)C(=O)OCSc1n[nH]c(=S)s1.CCC(C)(C)C(=O)OCSc1n[nH]c(=S)s1.CCC(C)C(=O)OCCSc1n[nH]c(=S)s1. The molecule has 6 N–H and O–H groups in total. The number of anilines is 1. The van der Waals surface area contributed by atoms with Gasteiger partial charge in [0, 0.05) is 11.5 Å². The molecule has 1 atom stereocenters. The number of ether oxygens (including phenoxy) is 5. The molecule has 0 radical (unpaired) electrons. The maximum absolute atomic E-state index is 11.6. The Bertz CT molecular complexity index is 2770. The maximum Gasteiger partial charge on any atom is 0.313 e. The van der Waals surface area contributed by atoms with E-state index in [0.29, 0.717) is 49.6 Å². The van der Waals surface area contributed by atoms with Crippen LogP contribution in [0, 0.1) is 47.3 Å². The molecule has 0 saturated carbocycles. The van der Waals surface area contributed by atoms with Gasteiger partial charge in [-0.1, -0.05) is 190 Å². The van der Waals surface area contributed by atoms with Crippen molar-refractivity contribution in [3.8, 4) is 0 Å². The summed E-state index contributed by atoms with van der Waals surface area (Å²) in [6.07, 6.45) is 3.86. The molecule has 0 aliphatic rings. The minimum absolute atomic E-state index is 0. The molecule has 0 aromatic carbocycles. The van der Waals surface area contributed by atoms with E-state index in [-0.39, 0.29) is 98.9 Å². The van der Waals surface area contributed by atoms with Crippen LogP contribution >= 0.6 is 165 Å². The molecule has 0 amide bonds. The highest BCUT2D eigenvalue weighted by Gasteiger charge is 2.29. The molecular formula is C52H97N11O10S14. The predicted molar refractivity (Wildman–Crippen MR) is 384 cm³/mol. The van der Waals surface area contributed by atoms with Gasteiger partial charge in [-0.3, -0.25) is 49.5 Å². The summed E-state index contributed by atoms with van der Waals surface area (Å²) in [5.41, 5.74) is -1.68. The number of carbonyl (C=O) groups is 5. The van der Waals surface area contributed by atoms with Gasteiger partial charge in [-0.25, -0.2) is 0 Å². The zero-order valence-electron chi connectivity index (χ0n) is 47.6. The van der Waals surface area contributed by atoms with Gasteiger partial charge in [-0.15, -0.1) is 5.10 Å². The fourth-order valence-electron chi connectivity index (χ4n) is 4.05. The van der Waals surface area contributed by atoms with Crippen molar-refractivity contribution >= 4 is 200 Å². The second-order valence-electron chi connectivity index (χ2n) is 18.8.